The summed E-state index contributed by atoms with van der Waals surface area (Å²) >= 11 is 0. The van der Waals surface area contributed by atoms with E-state index in [1.54, 1.807) is 11.0 Å². The lowest BCUT2D eigenvalue weighted by Gasteiger charge is -2.32. The van der Waals surface area contributed by atoms with Crippen molar-refractivity contribution in [3.8, 4) is 5.75 Å². The fourth-order valence-corrected chi connectivity index (χ4v) is 5.93. The zero-order chi connectivity index (χ0) is 26.2. The molecule has 198 valence electrons. The Morgan fingerprint density at radius 1 is 0.974 bits per heavy atom. The number of hydrogen-bond acceptors (Lipinski definition) is 5. The van der Waals surface area contributed by atoms with Crippen molar-refractivity contribution in [2.75, 3.05) is 0 Å². The monoisotopic (exact) mass is 513 g/mol. The highest BCUT2D eigenvalue weighted by Crippen LogP contribution is 2.53. The maximum atomic E-state index is 13.7. The van der Waals surface area contributed by atoms with Crippen molar-refractivity contribution in [3.05, 3.63) is 99.6 Å². The van der Waals surface area contributed by atoms with Gasteiger partial charge in [0.05, 0.1) is 6.04 Å². The second-order valence-electron chi connectivity index (χ2n) is 11.3. The molecule has 2 aromatic carbocycles. The maximum Gasteiger partial charge on any atom is 0.411 e. The van der Waals surface area contributed by atoms with Gasteiger partial charge < -0.3 is 14.3 Å². The number of carbonyl (C=O) groups is 1. The van der Waals surface area contributed by atoms with Crippen molar-refractivity contribution in [3.63, 3.8) is 0 Å². The van der Waals surface area contributed by atoms with Gasteiger partial charge in [-0.25, -0.2) is 9.59 Å². The molecule has 1 amide bonds. The molecule has 38 heavy (non-hydrogen) atoms. The van der Waals surface area contributed by atoms with E-state index in [9.17, 15) is 14.7 Å². The lowest BCUT2D eigenvalue weighted by molar-refractivity contribution is 0.0819. The summed E-state index contributed by atoms with van der Waals surface area (Å²) in [5.41, 5.74) is 1.13. The van der Waals surface area contributed by atoms with Gasteiger partial charge in [-0.05, 0) is 67.4 Å². The van der Waals surface area contributed by atoms with Crippen LogP contribution in [0.4, 0.5) is 4.79 Å². The summed E-state index contributed by atoms with van der Waals surface area (Å²) in [5.74, 6) is 2.18. The fourth-order valence-electron chi connectivity index (χ4n) is 5.93. The lowest BCUT2D eigenvalue weighted by atomic mass is 9.83. The summed E-state index contributed by atoms with van der Waals surface area (Å²) in [7, 11) is 0. The molecule has 0 bridgehead atoms. The topological polar surface area (TPSA) is 80.0 Å². The van der Waals surface area contributed by atoms with Crippen LogP contribution in [0.3, 0.4) is 0 Å². The van der Waals surface area contributed by atoms with Crippen molar-refractivity contribution in [2.24, 2.45) is 17.8 Å². The van der Waals surface area contributed by atoms with E-state index in [1.165, 1.54) is 12.8 Å². The molecule has 3 unspecified atom stereocenters. The highest BCUT2D eigenvalue weighted by atomic mass is 16.6. The SMILES string of the molecule is CC(C1CC1)C(c1cc(O)c(C(c2ccccc2)N(C(=O)OCc2ccccc2)C2CC2)c(=O)o1)C1CC1. The van der Waals surface area contributed by atoms with Gasteiger partial charge in [0.25, 0.3) is 0 Å². The van der Waals surface area contributed by atoms with Crippen LogP contribution in [0.15, 0.2) is 75.9 Å². The minimum Gasteiger partial charge on any atom is -0.507 e. The van der Waals surface area contributed by atoms with Crippen molar-refractivity contribution < 1.29 is 19.1 Å². The third-order valence-corrected chi connectivity index (χ3v) is 8.40. The van der Waals surface area contributed by atoms with Gasteiger partial charge in [0, 0.05) is 18.0 Å². The van der Waals surface area contributed by atoms with Gasteiger partial charge in [0.2, 0.25) is 0 Å². The molecule has 6 nitrogen and oxygen atoms in total. The van der Waals surface area contributed by atoms with Gasteiger partial charge >= 0.3 is 11.7 Å². The zero-order valence-electron chi connectivity index (χ0n) is 21.8. The molecular formula is C32H35NO5. The molecule has 0 spiro atoms. The number of carbonyl (C=O) groups excluding carboxylic acids is 1. The highest BCUT2D eigenvalue weighted by molar-refractivity contribution is 5.70. The molecule has 6 rings (SSSR count). The molecule has 3 aromatic rings. The molecule has 0 saturated heterocycles. The molecule has 1 aromatic heterocycles. The van der Waals surface area contributed by atoms with Crippen LogP contribution in [0.2, 0.25) is 0 Å². The first-order valence-electron chi connectivity index (χ1n) is 13.9. The number of nitrogens with zero attached hydrogens (tertiary/aromatic N) is 1. The third-order valence-electron chi connectivity index (χ3n) is 8.40. The van der Waals surface area contributed by atoms with Crippen molar-refractivity contribution in [2.45, 2.75) is 70.1 Å². The molecule has 3 fully saturated rings. The third kappa shape index (κ3) is 5.22. The minimum atomic E-state index is -0.808. The van der Waals surface area contributed by atoms with Gasteiger partial charge in [-0.1, -0.05) is 67.6 Å². The van der Waals surface area contributed by atoms with E-state index in [0.29, 0.717) is 23.5 Å². The van der Waals surface area contributed by atoms with Crippen LogP contribution < -0.4 is 5.63 Å². The quantitative estimate of drug-likeness (QED) is 0.323. The van der Waals surface area contributed by atoms with Crippen LogP contribution in [0.5, 0.6) is 5.75 Å². The summed E-state index contributed by atoms with van der Waals surface area (Å²) in [5, 5.41) is 11.4. The molecule has 0 radical (unpaired) electrons. The first-order chi connectivity index (χ1) is 18.5. The summed E-state index contributed by atoms with van der Waals surface area (Å²) in [6, 6.07) is 19.7. The first-order valence-corrected chi connectivity index (χ1v) is 13.9. The van der Waals surface area contributed by atoms with Crippen LogP contribution in [-0.2, 0) is 11.3 Å². The Hall–Kier alpha value is -3.54. The fraction of sp³-hybridized carbons (Fsp3) is 0.438. The Morgan fingerprint density at radius 3 is 2.18 bits per heavy atom. The van der Waals surface area contributed by atoms with E-state index in [4.69, 9.17) is 9.15 Å². The molecule has 6 heteroatoms. The lowest BCUT2D eigenvalue weighted by Crippen LogP contribution is -2.39. The molecule has 3 atom stereocenters. The summed E-state index contributed by atoms with van der Waals surface area (Å²) in [6.07, 6.45) is 5.82. The molecule has 0 aliphatic heterocycles. The average molecular weight is 514 g/mol. The first kappa shape index (κ1) is 24.8. The van der Waals surface area contributed by atoms with Crippen LogP contribution in [0, 0.1) is 17.8 Å². The van der Waals surface area contributed by atoms with Gasteiger partial charge in [-0.3, -0.25) is 4.90 Å². The van der Waals surface area contributed by atoms with Gasteiger partial charge in [-0.2, -0.15) is 0 Å². The molecule has 3 saturated carbocycles. The van der Waals surface area contributed by atoms with E-state index in [-0.39, 0.29) is 29.9 Å². The van der Waals surface area contributed by atoms with E-state index < -0.39 is 17.8 Å². The summed E-state index contributed by atoms with van der Waals surface area (Å²) in [4.78, 5) is 28.8. The maximum absolute atomic E-state index is 13.7. The molecule has 3 aliphatic rings. The van der Waals surface area contributed by atoms with Crippen molar-refractivity contribution in [1.82, 2.24) is 4.90 Å². The highest BCUT2D eigenvalue weighted by Gasteiger charge is 2.45. The van der Waals surface area contributed by atoms with Crippen molar-refractivity contribution >= 4 is 6.09 Å². The number of hydrogen-bond donors (Lipinski definition) is 1. The van der Waals surface area contributed by atoms with E-state index in [1.807, 2.05) is 60.7 Å². The standard InChI is InChI=1S/C32H35NO5/c1-20(22-12-13-22)28(23-14-15-23)27-18-26(34)29(31(35)38-27)30(24-10-6-3-7-11-24)33(25-16-17-25)32(36)37-19-21-8-4-2-5-9-21/h2-11,18,20,22-23,25,28,30,34H,12-17,19H2,1H3. The van der Waals surface area contributed by atoms with E-state index in [0.717, 1.165) is 36.8 Å². The van der Waals surface area contributed by atoms with Crippen molar-refractivity contribution in [1.29, 1.82) is 0 Å². The molecule has 1 N–H and O–H groups in total. The minimum absolute atomic E-state index is 0.0731. The predicted octanol–water partition coefficient (Wildman–Crippen LogP) is 6.78. The van der Waals surface area contributed by atoms with Crippen LogP contribution >= 0.6 is 0 Å². The number of aromatic hydroxyl groups is 1. The Morgan fingerprint density at radius 2 is 1.61 bits per heavy atom. The smallest absolute Gasteiger partial charge is 0.411 e. The number of ether oxygens (including phenoxy) is 1. The number of amides is 1. The average Bonchev–Trinajstić information content (AvgIpc) is 3.76. The number of rotatable bonds is 10. The van der Waals surface area contributed by atoms with Gasteiger partial charge in [0.1, 0.15) is 23.7 Å². The molecule has 3 aliphatic carbocycles. The summed E-state index contributed by atoms with van der Waals surface area (Å²) < 4.78 is 11.8. The largest absolute Gasteiger partial charge is 0.507 e. The number of benzene rings is 2. The Kier molecular flexibility index (Phi) is 6.73. The summed E-state index contributed by atoms with van der Waals surface area (Å²) in [6.45, 7) is 2.38. The second-order valence-corrected chi connectivity index (χ2v) is 11.3. The predicted molar refractivity (Wildman–Crippen MR) is 144 cm³/mol. The van der Waals surface area contributed by atoms with Gasteiger partial charge in [-0.15, -0.1) is 0 Å². The van der Waals surface area contributed by atoms with E-state index >= 15 is 0 Å². The molecular weight excluding hydrogens is 478 g/mol. The Balaban J connectivity index is 1.36. The van der Waals surface area contributed by atoms with E-state index in [2.05, 4.69) is 6.92 Å². The van der Waals surface area contributed by atoms with Crippen LogP contribution in [-0.4, -0.2) is 22.1 Å². The van der Waals surface area contributed by atoms with Crippen LogP contribution in [0.25, 0.3) is 0 Å². The molecule has 1 heterocycles. The Bertz CT molecular complexity index is 1320. The zero-order valence-corrected chi connectivity index (χ0v) is 21.8. The second kappa shape index (κ2) is 10.3. The Labute approximate surface area is 223 Å². The normalized spacial score (nSPS) is 19.4. The van der Waals surface area contributed by atoms with Crippen LogP contribution in [0.1, 0.15) is 79.9 Å². The van der Waals surface area contributed by atoms with Gasteiger partial charge in [0.15, 0.2) is 0 Å².